The minimum absolute atomic E-state index is 0.0486. The molecule has 13 heteroatoms. The van der Waals surface area contributed by atoms with Crippen LogP contribution in [0.5, 0.6) is 0 Å². The number of rotatable bonds is 7. The van der Waals surface area contributed by atoms with E-state index in [0.717, 1.165) is 0 Å². The highest BCUT2D eigenvalue weighted by atomic mass is 35.5. The van der Waals surface area contributed by atoms with E-state index in [9.17, 15) is 9.67 Å². The third-order valence-corrected chi connectivity index (χ3v) is 4.56. The number of nitrogens with zero attached hydrogens (tertiary/aromatic N) is 4. The minimum atomic E-state index is -4.27. The zero-order valence-corrected chi connectivity index (χ0v) is 16.3. The summed E-state index contributed by atoms with van der Waals surface area (Å²) in [7, 11) is -4.27. The number of aliphatic hydroxyl groups excluding tert-OH is 1. The Labute approximate surface area is 159 Å². The SMILES string of the molecule is CC(C)Nc1nc(Cl)nc2c1ncn2C1C[C@H](O)[C@@H](COCP(=O)(O)O)O1. The summed E-state index contributed by atoms with van der Waals surface area (Å²) in [6.45, 7) is 3.76. The summed E-state index contributed by atoms with van der Waals surface area (Å²) < 4.78 is 23.2. The minimum Gasteiger partial charge on any atom is -0.390 e. The molecular weight excluding hydrogens is 401 g/mol. The lowest BCUT2D eigenvalue weighted by Crippen LogP contribution is -2.26. The number of aromatic nitrogens is 4. The van der Waals surface area contributed by atoms with Crippen molar-refractivity contribution >= 4 is 36.2 Å². The van der Waals surface area contributed by atoms with Crippen LogP contribution in [0.3, 0.4) is 0 Å². The smallest absolute Gasteiger partial charge is 0.350 e. The number of halogens is 1. The first kappa shape index (κ1) is 20.4. The van der Waals surface area contributed by atoms with Crippen molar-refractivity contribution in [2.24, 2.45) is 0 Å². The quantitative estimate of drug-likeness (QED) is 0.377. The number of hydrogen-bond acceptors (Lipinski definition) is 8. The molecule has 2 aromatic heterocycles. The van der Waals surface area contributed by atoms with Crippen molar-refractivity contribution in [1.29, 1.82) is 0 Å². The molecule has 11 nitrogen and oxygen atoms in total. The van der Waals surface area contributed by atoms with Crippen LogP contribution in [0.2, 0.25) is 5.28 Å². The van der Waals surface area contributed by atoms with Crippen molar-refractivity contribution in [3.05, 3.63) is 11.6 Å². The summed E-state index contributed by atoms with van der Waals surface area (Å²) in [5, 5.41) is 13.4. The topological polar surface area (TPSA) is 152 Å². The Kier molecular flexibility index (Phi) is 6.02. The van der Waals surface area contributed by atoms with Gasteiger partial charge in [0.25, 0.3) is 0 Å². The summed E-state index contributed by atoms with van der Waals surface area (Å²) >= 11 is 6.02. The molecule has 0 aliphatic carbocycles. The zero-order valence-electron chi connectivity index (χ0n) is 14.7. The van der Waals surface area contributed by atoms with E-state index >= 15 is 0 Å². The second-order valence-corrected chi connectivity index (χ2v) is 8.49. The molecule has 2 aromatic rings. The van der Waals surface area contributed by atoms with Gasteiger partial charge < -0.3 is 29.7 Å². The Bertz CT molecular complexity index is 858. The summed E-state index contributed by atoms with van der Waals surface area (Å²) in [6.07, 6.45) is -1.14. The fourth-order valence-corrected chi connectivity index (χ4v) is 3.31. The summed E-state index contributed by atoms with van der Waals surface area (Å²) in [5.41, 5.74) is 0.972. The van der Waals surface area contributed by atoms with Gasteiger partial charge in [-0.15, -0.1) is 0 Å². The fourth-order valence-electron chi connectivity index (χ4n) is 2.80. The highest BCUT2D eigenvalue weighted by Gasteiger charge is 2.36. The summed E-state index contributed by atoms with van der Waals surface area (Å²) in [6, 6.07) is 0.115. The maximum Gasteiger partial charge on any atom is 0.350 e. The number of aliphatic hydroxyl groups is 1. The Hall–Kier alpha value is -1.33. The lowest BCUT2D eigenvalue weighted by Gasteiger charge is -2.16. The monoisotopic (exact) mass is 421 g/mol. The van der Waals surface area contributed by atoms with Crippen molar-refractivity contribution < 1.29 is 28.9 Å². The van der Waals surface area contributed by atoms with Crippen LogP contribution in [0.1, 0.15) is 26.5 Å². The molecule has 0 saturated carbocycles. The van der Waals surface area contributed by atoms with Gasteiger partial charge in [-0.05, 0) is 25.4 Å². The van der Waals surface area contributed by atoms with Crippen molar-refractivity contribution in [2.45, 2.75) is 44.7 Å². The number of hydrogen-bond donors (Lipinski definition) is 4. The molecule has 1 aliphatic heterocycles. The van der Waals surface area contributed by atoms with Crippen molar-refractivity contribution in [2.75, 3.05) is 18.3 Å². The highest BCUT2D eigenvalue weighted by Crippen LogP contribution is 2.36. The first-order valence-electron chi connectivity index (χ1n) is 8.26. The number of nitrogens with one attached hydrogen (secondary N) is 1. The van der Waals surface area contributed by atoms with Gasteiger partial charge in [0.2, 0.25) is 5.28 Å². The Morgan fingerprint density at radius 2 is 2.22 bits per heavy atom. The summed E-state index contributed by atoms with van der Waals surface area (Å²) in [5.74, 6) is 0.499. The Morgan fingerprint density at radius 3 is 2.89 bits per heavy atom. The average molecular weight is 422 g/mol. The third kappa shape index (κ3) is 4.94. The number of imidazole rings is 1. The zero-order chi connectivity index (χ0) is 19.8. The van der Waals surface area contributed by atoms with Gasteiger partial charge in [-0.1, -0.05) is 0 Å². The maximum atomic E-state index is 10.8. The third-order valence-electron chi connectivity index (χ3n) is 3.88. The van der Waals surface area contributed by atoms with Crippen molar-refractivity contribution in [1.82, 2.24) is 19.5 Å². The molecule has 0 amide bonds. The molecule has 150 valence electrons. The lowest BCUT2D eigenvalue weighted by atomic mass is 10.2. The normalized spacial score (nSPS) is 23.4. The molecule has 3 atom stereocenters. The fraction of sp³-hybridized carbons (Fsp3) is 0.643. The second kappa shape index (κ2) is 7.96. The van der Waals surface area contributed by atoms with E-state index < -0.39 is 32.4 Å². The van der Waals surface area contributed by atoms with Gasteiger partial charge in [0.05, 0.1) is 19.0 Å². The number of fused-ring (bicyclic) bond motifs is 1. The van der Waals surface area contributed by atoms with Gasteiger partial charge in [-0.2, -0.15) is 9.97 Å². The maximum absolute atomic E-state index is 10.8. The van der Waals surface area contributed by atoms with Crippen LogP contribution in [-0.2, 0) is 14.0 Å². The molecule has 0 aromatic carbocycles. The highest BCUT2D eigenvalue weighted by molar-refractivity contribution is 7.51. The molecule has 3 rings (SSSR count). The van der Waals surface area contributed by atoms with Gasteiger partial charge in [0.1, 0.15) is 18.7 Å². The molecule has 1 saturated heterocycles. The molecule has 4 N–H and O–H groups in total. The van der Waals surface area contributed by atoms with Crippen molar-refractivity contribution in [3.8, 4) is 0 Å². The van der Waals surface area contributed by atoms with E-state index in [1.807, 2.05) is 13.8 Å². The number of ether oxygens (including phenoxy) is 2. The first-order chi connectivity index (χ1) is 12.6. The largest absolute Gasteiger partial charge is 0.390 e. The van der Waals surface area contributed by atoms with Crippen LogP contribution >= 0.6 is 19.2 Å². The predicted octanol–water partition coefficient (Wildman–Crippen LogP) is 1.10. The van der Waals surface area contributed by atoms with Crippen molar-refractivity contribution in [3.63, 3.8) is 0 Å². The van der Waals surface area contributed by atoms with Gasteiger partial charge in [-0.3, -0.25) is 9.13 Å². The van der Waals surface area contributed by atoms with E-state index in [-0.39, 0.29) is 24.4 Å². The van der Waals surface area contributed by atoms with Crippen LogP contribution in [0.4, 0.5) is 5.82 Å². The molecule has 27 heavy (non-hydrogen) atoms. The van der Waals surface area contributed by atoms with E-state index in [1.165, 1.54) is 6.33 Å². The predicted molar refractivity (Wildman–Crippen MR) is 96.5 cm³/mol. The summed E-state index contributed by atoms with van der Waals surface area (Å²) in [4.78, 5) is 30.4. The molecular formula is C14H21ClN5O6P. The van der Waals surface area contributed by atoms with Crippen LogP contribution in [0.25, 0.3) is 11.2 Å². The van der Waals surface area contributed by atoms with E-state index in [0.29, 0.717) is 17.0 Å². The Balaban J connectivity index is 1.78. The molecule has 3 heterocycles. The lowest BCUT2D eigenvalue weighted by molar-refractivity contribution is -0.0564. The van der Waals surface area contributed by atoms with Gasteiger partial charge in [0, 0.05) is 12.5 Å². The van der Waals surface area contributed by atoms with Crippen LogP contribution in [0.15, 0.2) is 6.33 Å². The molecule has 1 aliphatic rings. The van der Waals surface area contributed by atoms with Crippen LogP contribution in [-0.4, -0.2) is 65.6 Å². The molecule has 1 unspecified atom stereocenters. The second-order valence-electron chi connectivity index (χ2n) is 6.56. The molecule has 0 bridgehead atoms. The van der Waals surface area contributed by atoms with Gasteiger partial charge in [-0.25, -0.2) is 4.98 Å². The molecule has 0 spiro atoms. The van der Waals surface area contributed by atoms with Crippen LogP contribution < -0.4 is 5.32 Å². The van der Waals surface area contributed by atoms with Gasteiger partial charge >= 0.3 is 7.60 Å². The van der Waals surface area contributed by atoms with E-state index in [2.05, 4.69) is 20.3 Å². The van der Waals surface area contributed by atoms with E-state index in [4.69, 9.17) is 30.9 Å². The van der Waals surface area contributed by atoms with Crippen LogP contribution in [0, 0.1) is 0 Å². The average Bonchev–Trinajstić information content (AvgIpc) is 3.09. The molecule has 0 radical (unpaired) electrons. The number of anilines is 1. The first-order valence-corrected chi connectivity index (χ1v) is 10.4. The Morgan fingerprint density at radius 1 is 1.48 bits per heavy atom. The van der Waals surface area contributed by atoms with E-state index in [1.54, 1.807) is 4.57 Å². The molecule has 1 fully saturated rings. The van der Waals surface area contributed by atoms with Gasteiger partial charge in [0.15, 0.2) is 17.0 Å². The standard InChI is InChI=1S/C14H21ClN5O6P/c1-7(2)17-12-11-13(19-14(15)18-12)20(5-16-11)10-3-8(21)9(26-10)4-25-6-27(22,23)24/h5,7-10,21H,3-4,6H2,1-2H3,(H,17,18,19)(H2,22,23,24)/t8-,9+,10?/m0/s1.